The molecule has 9 rings (SSSR count). The Morgan fingerprint density at radius 3 is 1.64 bits per heavy atom. The maximum absolute atomic E-state index is 12.2. The van der Waals surface area contributed by atoms with Crippen LogP contribution in [0.3, 0.4) is 0 Å². The predicted octanol–water partition coefficient (Wildman–Crippen LogP) is 8.22. The minimum Gasteiger partial charge on any atom is -0.462 e. The van der Waals surface area contributed by atoms with E-state index in [2.05, 4.69) is 51.3 Å². The molecule has 328 valence electrons. The Balaban J connectivity index is 0.000000193. The molecule has 16 nitrogen and oxygen atoms in total. The number of aromatic nitrogens is 8. The summed E-state index contributed by atoms with van der Waals surface area (Å²) in [4.78, 5) is 44.6. The second-order valence-electron chi connectivity index (χ2n) is 14.8. The molecule has 0 atom stereocenters. The first-order valence-electron chi connectivity index (χ1n) is 20.5. The number of likely N-dealkylation sites (tertiary alicyclic amines) is 1. The van der Waals surface area contributed by atoms with Crippen LogP contribution in [0.2, 0.25) is 5.28 Å². The number of rotatable bonds is 12. The largest absolute Gasteiger partial charge is 0.462 e. The number of nitrogens with zero attached hydrogens (tertiary/aromatic N) is 9. The van der Waals surface area contributed by atoms with Gasteiger partial charge in [-0.15, -0.1) is 0 Å². The number of halogens is 1. The van der Waals surface area contributed by atoms with E-state index in [-0.39, 0.29) is 30.5 Å². The zero-order chi connectivity index (χ0) is 43.9. The van der Waals surface area contributed by atoms with Gasteiger partial charge in [-0.05, 0) is 111 Å². The number of anilines is 4. The first-order valence-corrected chi connectivity index (χ1v) is 20.9. The van der Waals surface area contributed by atoms with Crippen molar-refractivity contribution in [2.75, 3.05) is 51.0 Å². The second kappa shape index (κ2) is 20.2. The molecule has 0 unspecified atom stereocenters. The van der Waals surface area contributed by atoms with Gasteiger partial charge in [-0.3, -0.25) is 14.5 Å². The maximum Gasteiger partial charge on any atom is 0.320 e. The van der Waals surface area contributed by atoms with Crippen molar-refractivity contribution in [3.05, 3.63) is 137 Å². The summed E-state index contributed by atoms with van der Waals surface area (Å²) in [6.45, 7) is 7.50. The van der Waals surface area contributed by atoms with E-state index in [1.54, 1.807) is 54.1 Å². The molecule has 1 fully saturated rings. The average Bonchev–Trinajstić information content (AvgIpc) is 4.09. The summed E-state index contributed by atoms with van der Waals surface area (Å²) in [5.74, 6) is 0.786. The first kappa shape index (κ1) is 44.6. The summed E-state index contributed by atoms with van der Waals surface area (Å²) in [6, 6.07) is 30.8. The highest BCUT2D eigenvalue weighted by Gasteiger charge is 2.19. The van der Waals surface area contributed by atoms with Crippen molar-refractivity contribution in [1.82, 2.24) is 55.0 Å². The quantitative estimate of drug-likeness (QED) is 0.0865. The number of amides is 2. The van der Waals surface area contributed by atoms with Crippen molar-refractivity contribution in [3.8, 4) is 17.4 Å². The van der Waals surface area contributed by atoms with Crippen LogP contribution in [0.1, 0.15) is 52.1 Å². The molecular weight excluding hydrogens is 830 g/mol. The van der Waals surface area contributed by atoms with E-state index in [0.29, 0.717) is 40.7 Å². The van der Waals surface area contributed by atoms with Gasteiger partial charge >= 0.3 is 6.01 Å². The van der Waals surface area contributed by atoms with E-state index in [1.165, 1.54) is 12.8 Å². The lowest BCUT2D eigenvalue weighted by molar-refractivity contribution is 0.0955. The Bertz CT molecular complexity index is 2900. The highest BCUT2D eigenvalue weighted by atomic mass is 35.5. The lowest BCUT2D eigenvalue weighted by Gasteiger charge is -2.15. The molecule has 64 heavy (non-hydrogen) atoms. The molecule has 2 amide bonds. The van der Waals surface area contributed by atoms with Crippen molar-refractivity contribution in [2.24, 2.45) is 0 Å². The average molecular weight is 880 g/mol. The van der Waals surface area contributed by atoms with E-state index in [9.17, 15) is 9.59 Å². The van der Waals surface area contributed by atoms with Crippen LogP contribution in [0, 0.1) is 13.8 Å². The third-order valence-corrected chi connectivity index (χ3v) is 10.8. The van der Waals surface area contributed by atoms with Gasteiger partial charge in [-0.1, -0.05) is 56.0 Å². The van der Waals surface area contributed by atoms with Crippen molar-refractivity contribution < 1.29 is 14.3 Å². The molecule has 17 heteroatoms. The number of aryl methyl sites for hydroxylation is 2. The second-order valence-corrected chi connectivity index (χ2v) is 15.2. The molecular formula is C47H50ClN13O3. The summed E-state index contributed by atoms with van der Waals surface area (Å²) in [7, 11) is 3.22. The van der Waals surface area contributed by atoms with Gasteiger partial charge < -0.3 is 26.0 Å². The van der Waals surface area contributed by atoms with E-state index in [0.717, 1.165) is 64.3 Å². The van der Waals surface area contributed by atoms with Crippen molar-refractivity contribution in [2.45, 2.75) is 34.1 Å². The number of ether oxygens (including phenoxy) is 1. The molecule has 0 radical (unpaired) electrons. The van der Waals surface area contributed by atoms with Crippen LogP contribution in [-0.2, 0) is 0 Å². The third kappa shape index (κ3) is 9.93. The van der Waals surface area contributed by atoms with Gasteiger partial charge in [0.2, 0.25) is 5.28 Å². The molecule has 0 bridgehead atoms. The summed E-state index contributed by atoms with van der Waals surface area (Å²) < 4.78 is 9.51. The summed E-state index contributed by atoms with van der Waals surface area (Å²) >= 11 is 6.18. The van der Waals surface area contributed by atoms with E-state index >= 15 is 0 Å². The van der Waals surface area contributed by atoms with Crippen LogP contribution in [0.4, 0.5) is 23.0 Å². The third-order valence-electron chi connectivity index (χ3n) is 10.6. The number of carbonyl (C=O) groups excluding carboxylic acids is 2. The van der Waals surface area contributed by atoms with Gasteiger partial charge in [0.1, 0.15) is 18.2 Å². The Morgan fingerprint density at radius 2 is 1.14 bits per heavy atom. The molecule has 0 saturated carbocycles. The predicted molar refractivity (Wildman–Crippen MR) is 252 cm³/mol. The molecule has 0 spiro atoms. The maximum atomic E-state index is 12.2. The molecule has 0 aliphatic carbocycles. The summed E-state index contributed by atoms with van der Waals surface area (Å²) in [5.41, 5.74) is 7.59. The highest BCUT2D eigenvalue weighted by Crippen LogP contribution is 2.31. The number of carbonyl (C=O) groups is 2. The number of fused-ring (bicyclic) bond motifs is 2. The minimum atomic E-state index is -0.161. The molecule has 5 heterocycles. The van der Waals surface area contributed by atoms with E-state index < -0.39 is 0 Å². The Morgan fingerprint density at radius 1 is 0.656 bits per heavy atom. The first-order chi connectivity index (χ1) is 30.7. The topological polar surface area (TPSA) is 182 Å². The number of benzene rings is 4. The van der Waals surface area contributed by atoms with Crippen LogP contribution in [0.5, 0.6) is 6.01 Å². The lowest BCUT2D eigenvalue weighted by atomic mass is 10.1. The van der Waals surface area contributed by atoms with Crippen LogP contribution in [0.25, 0.3) is 33.4 Å². The summed E-state index contributed by atoms with van der Waals surface area (Å²) in [5, 5.41) is 22.6. The molecule has 4 aromatic heterocycles. The Labute approximate surface area is 376 Å². The van der Waals surface area contributed by atoms with Crippen LogP contribution in [-0.4, -0.2) is 96.5 Å². The van der Waals surface area contributed by atoms with Crippen LogP contribution < -0.4 is 26.0 Å². The fourth-order valence-corrected chi connectivity index (χ4v) is 7.32. The van der Waals surface area contributed by atoms with Gasteiger partial charge in [-0.2, -0.15) is 30.1 Å². The molecule has 4 N–H and O–H groups in total. The fraction of sp³-hybridized carbons (Fsp3) is 0.234. The zero-order valence-electron chi connectivity index (χ0n) is 35.3. The van der Waals surface area contributed by atoms with E-state index in [1.807, 2.05) is 92.7 Å². The Hall–Kier alpha value is -7.43. The van der Waals surface area contributed by atoms with Gasteiger partial charge in [0, 0.05) is 43.1 Å². The van der Waals surface area contributed by atoms with Crippen molar-refractivity contribution in [1.29, 1.82) is 0 Å². The Kier molecular flexibility index (Phi) is 14.1. The van der Waals surface area contributed by atoms with Crippen LogP contribution in [0.15, 0.2) is 109 Å². The lowest BCUT2D eigenvalue weighted by Crippen LogP contribution is -2.25. The molecule has 1 aliphatic heterocycles. The highest BCUT2D eigenvalue weighted by molar-refractivity contribution is 6.28. The van der Waals surface area contributed by atoms with Crippen molar-refractivity contribution in [3.63, 3.8) is 0 Å². The van der Waals surface area contributed by atoms with Crippen LogP contribution >= 0.6 is 11.6 Å². The number of nitrogens with one attached hydrogen (secondary N) is 4. The number of hydrogen-bond acceptors (Lipinski definition) is 12. The number of hydrogen-bond donors (Lipinski definition) is 4. The molecule has 1 saturated heterocycles. The fourth-order valence-electron chi connectivity index (χ4n) is 7.15. The molecule has 1 aliphatic rings. The molecule has 4 aromatic carbocycles. The molecule has 8 aromatic rings. The van der Waals surface area contributed by atoms with Gasteiger partial charge in [0.05, 0.1) is 34.5 Å². The smallest absolute Gasteiger partial charge is 0.320 e. The van der Waals surface area contributed by atoms with Gasteiger partial charge in [-0.25, -0.2) is 9.36 Å². The van der Waals surface area contributed by atoms with Crippen molar-refractivity contribution >= 4 is 68.5 Å². The monoisotopic (exact) mass is 879 g/mol. The summed E-state index contributed by atoms with van der Waals surface area (Å²) in [6.07, 6.45) is 5.91. The van der Waals surface area contributed by atoms with E-state index in [4.69, 9.17) is 21.3 Å². The van der Waals surface area contributed by atoms with Gasteiger partial charge in [0.25, 0.3) is 11.8 Å². The number of para-hydroxylation sites is 2. The minimum absolute atomic E-state index is 0. The van der Waals surface area contributed by atoms with Gasteiger partial charge in [0.15, 0.2) is 11.3 Å². The standard InChI is InChI=1S/C26H29N7O2.C20H17ClN6O.CH4/c1-18-10-11-19(25(34)27-2)16-22(18)29-23-21-17-28-33(20-8-4-3-5-9-20)24(21)31-26(30-23)35-15-14-32-12-6-7-13-32;1-12-8-9-13(19(28)22-2)10-16(12)24-17-15-11-23-27(14-6-4-3-5-7-14)18(15)26-20(21)25-17;/h3-5,8-11,16-17H,6-7,12-15H2,1-2H3,(H,27,34)(H,29,30,31);3-11H,1-2H3,(H,22,28)(H,24,25,26);1H4. The normalized spacial score (nSPS) is 12.3. The SMILES string of the molecule is C.CNC(=O)c1ccc(C)c(Nc2nc(Cl)nc3c2cnn3-c2ccccc2)c1.CNC(=O)c1ccc(C)c(Nc2nc(OCCN3CCCC3)nc3c2cnn3-c2ccccc2)c1. The zero-order valence-corrected chi connectivity index (χ0v) is 36.0.